The van der Waals surface area contributed by atoms with Gasteiger partial charge in [0.25, 0.3) is 0 Å². The van der Waals surface area contributed by atoms with Crippen LogP contribution in [0.25, 0.3) is 0 Å². The van der Waals surface area contributed by atoms with Crippen molar-refractivity contribution in [1.82, 2.24) is 0 Å². The van der Waals surface area contributed by atoms with Crippen molar-refractivity contribution in [3.63, 3.8) is 0 Å². The monoisotopic (exact) mass is 288 g/mol. The van der Waals surface area contributed by atoms with Gasteiger partial charge in [-0.1, -0.05) is 30.7 Å². The molecule has 0 saturated heterocycles. The molecular weight excluding hydrogens is 272 g/mol. The molecule has 6 heteroatoms. The van der Waals surface area contributed by atoms with Crippen LogP contribution in [0.5, 0.6) is 0 Å². The van der Waals surface area contributed by atoms with E-state index in [1.807, 2.05) is 6.07 Å². The molecule has 2 rings (SSSR count). The lowest BCUT2D eigenvalue weighted by atomic mass is 10.1. The summed E-state index contributed by atoms with van der Waals surface area (Å²) in [6.07, 6.45) is 0. The maximum Gasteiger partial charge on any atom is 0.155 e. The minimum atomic E-state index is -3.20. The van der Waals surface area contributed by atoms with Gasteiger partial charge in [0.15, 0.2) is 9.84 Å². The lowest BCUT2D eigenvalue weighted by Gasteiger charge is -2.08. The van der Waals surface area contributed by atoms with Crippen LogP contribution in [-0.4, -0.2) is 31.5 Å². The summed E-state index contributed by atoms with van der Waals surface area (Å²) in [6, 6.07) is 7.15. The minimum absolute atomic E-state index is 0.0771. The number of benzene rings is 1. The molecule has 0 radical (unpaired) electrons. The zero-order chi connectivity index (χ0) is 13.6. The summed E-state index contributed by atoms with van der Waals surface area (Å²) in [5.41, 5.74) is 11.8. The third kappa shape index (κ3) is 2.05. The Bertz CT molecular complexity index is 561. The van der Waals surface area contributed by atoms with Crippen LogP contribution in [0, 0.1) is 0 Å². The molecule has 0 aromatic heterocycles. The molecular formula is C12H17ClN2O2S. The van der Waals surface area contributed by atoms with Gasteiger partial charge >= 0.3 is 0 Å². The van der Waals surface area contributed by atoms with Crippen molar-refractivity contribution in [2.45, 2.75) is 23.6 Å². The third-order valence-electron chi connectivity index (χ3n) is 3.65. The predicted octanol–water partition coefficient (Wildman–Crippen LogP) is 0.897. The molecule has 100 valence electrons. The number of hydrogen-bond donors (Lipinski definition) is 2. The zero-order valence-electron chi connectivity index (χ0n) is 10.1. The maximum atomic E-state index is 12.0. The predicted molar refractivity (Wildman–Crippen MR) is 73.4 cm³/mol. The Labute approximate surface area is 112 Å². The molecule has 4 N–H and O–H groups in total. The molecule has 0 unspecified atom stereocenters. The van der Waals surface area contributed by atoms with E-state index in [4.69, 9.17) is 23.1 Å². The molecule has 1 aliphatic rings. The van der Waals surface area contributed by atoms with Crippen LogP contribution in [0.1, 0.15) is 18.4 Å². The van der Waals surface area contributed by atoms with Crippen molar-refractivity contribution in [2.75, 3.05) is 12.3 Å². The molecule has 1 aromatic rings. The van der Waals surface area contributed by atoms with Crippen LogP contribution in [0.3, 0.4) is 0 Å². The first-order chi connectivity index (χ1) is 8.36. The van der Waals surface area contributed by atoms with Crippen LogP contribution < -0.4 is 11.5 Å². The van der Waals surface area contributed by atoms with E-state index < -0.39 is 20.6 Å². The van der Waals surface area contributed by atoms with Crippen LogP contribution in [0.15, 0.2) is 24.3 Å². The molecule has 0 spiro atoms. The molecule has 4 nitrogen and oxygen atoms in total. The summed E-state index contributed by atoms with van der Waals surface area (Å²) in [5, 5.41) is -0.0233. The second kappa shape index (κ2) is 4.49. The Morgan fingerprint density at radius 2 is 2.11 bits per heavy atom. The molecule has 3 atom stereocenters. The smallest absolute Gasteiger partial charge is 0.155 e. The molecule has 1 aromatic carbocycles. The standard InChI is InChI=1S/C12H17ClN2O2S/c1-2-18(16,17)11-10(12(11,15)7-14)8-4-3-5-9(13)6-8/h3-6,10-11H,2,7,14-15H2,1H3/t10-,11+,12-/m0/s1. The van der Waals surface area contributed by atoms with E-state index in [9.17, 15) is 8.42 Å². The molecule has 1 saturated carbocycles. The molecule has 0 bridgehead atoms. The fraction of sp³-hybridized carbons (Fsp3) is 0.500. The van der Waals surface area contributed by atoms with Crippen molar-refractivity contribution < 1.29 is 8.42 Å². The second-order valence-electron chi connectivity index (χ2n) is 4.72. The van der Waals surface area contributed by atoms with Gasteiger partial charge in [0.1, 0.15) is 0 Å². The number of hydrogen-bond acceptors (Lipinski definition) is 4. The van der Waals surface area contributed by atoms with Crippen molar-refractivity contribution in [3.8, 4) is 0 Å². The number of halogens is 1. The van der Waals surface area contributed by atoms with E-state index in [0.29, 0.717) is 5.02 Å². The highest BCUT2D eigenvalue weighted by atomic mass is 35.5. The highest BCUT2D eigenvalue weighted by Gasteiger charge is 2.67. The Balaban J connectivity index is 2.40. The molecule has 1 fully saturated rings. The van der Waals surface area contributed by atoms with E-state index in [2.05, 4.69) is 0 Å². The first-order valence-corrected chi connectivity index (χ1v) is 7.92. The Kier molecular flexibility index (Phi) is 3.44. The Morgan fingerprint density at radius 1 is 1.44 bits per heavy atom. The first kappa shape index (κ1) is 13.8. The van der Waals surface area contributed by atoms with Gasteiger partial charge in [-0.15, -0.1) is 0 Å². The number of nitrogens with two attached hydrogens (primary N) is 2. The zero-order valence-corrected chi connectivity index (χ0v) is 11.7. The van der Waals surface area contributed by atoms with Gasteiger partial charge in [-0.05, 0) is 17.7 Å². The first-order valence-electron chi connectivity index (χ1n) is 5.83. The average molecular weight is 289 g/mol. The van der Waals surface area contributed by atoms with E-state index in [1.165, 1.54) is 0 Å². The second-order valence-corrected chi connectivity index (χ2v) is 7.57. The number of rotatable bonds is 4. The Morgan fingerprint density at radius 3 is 2.61 bits per heavy atom. The highest BCUT2D eigenvalue weighted by molar-refractivity contribution is 7.92. The van der Waals surface area contributed by atoms with Gasteiger partial charge in [0.05, 0.1) is 10.8 Å². The topological polar surface area (TPSA) is 86.2 Å². The quantitative estimate of drug-likeness (QED) is 0.862. The van der Waals surface area contributed by atoms with Gasteiger partial charge in [0.2, 0.25) is 0 Å². The maximum absolute atomic E-state index is 12.0. The SMILES string of the molecule is CCS(=O)(=O)[C@@H]1[C@H](c2cccc(Cl)c2)[C@@]1(N)CN. The van der Waals surface area contributed by atoms with Crippen LogP contribution >= 0.6 is 11.6 Å². The normalized spacial score (nSPS) is 31.3. The van der Waals surface area contributed by atoms with Gasteiger partial charge in [-0.3, -0.25) is 0 Å². The molecule has 0 amide bonds. The van der Waals surface area contributed by atoms with Crippen molar-refractivity contribution >= 4 is 21.4 Å². The summed E-state index contributed by atoms with van der Waals surface area (Å²) in [5.74, 6) is -0.181. The molecule has 1 aliphatic carbocycles. The lowest BCUT2D eigenvalue weighted by Crippen LogP contribution is -2.39. The third-order valence-corrected chi connectivity index (χ3v) is 6.18. The van der Waals surface area contributed by atoms with Crippen molar-refractivity contribution in [2.24, 2.45) is 11.5 Å². The van der Waals surface area contributed by atoms with Crippen molar-refractivity contribution in [1.29, 1.82) is 0 Å². The van der Waals surface area contributed by atoms with Gasteiger partial charge in [0, 0.05) is 23.2 Å². The summed E-state index contributed by atoms with van der Waals surface area (Å²) in [7, 11) is -3.20. The van der Waals surface area contributed by atoms with Crippen LogP contribution in [0.4, 0.5) is 0 Å². The van der Waals surface area contributed by atoms with Gasteiger partial charge in [-0.2, -0.15) is 0 Å². The summed E-state index contributed by atoms with van der Waals surface area (Å²) in [6.45, 7) is 1.77. The van der Waals surface area contributed by atoms with E-state index in [0.717, 1.165) is 5.56 Å². The van der Waals surface area contributed by atoms with Crippen LogP contribution in [0.2, 0.25) is 5.02 Å². The van der Waals surface area contributed by atoms with Crippen LogP contribution in [-0.2, 0) is 9.84 Å². The van der Waals surface area contributed by atoms with E-state index in [1.54, 1.807) is 25.1 Å². The van der Waals surface area contributed by atoms with Crippen molar-refractivity contribution in [3.05, 3.63) is 34.9 Å². The van der Waals surface area contributed by atoms with Gasteiger partial charge < -0.3 is 11.5 Å². The largest absolute Gasteiger partial charge is 0.329 e. The minimum Gasteiger partial charge on any atom is -0.329 e. The molecule has 18 heavy (non-hydrogen) atoms. The fourth-order valence-electron chi connectivity index (χ4n) is 2.57. The fourth-order valence-corrected chi connectivity index (χ4v) is 4.79. The summed E-state index contributed by atoms with van der Waals surface area (Å²) < 4.78 is 24.1. The van der Waals surface area contributed by atoms with Gasteiger partial charge in [-0.25, -0.2) is 8.42 Å². The average Bonchev–Trinajstić information content (AvgIpc) is 2.98. The molecule has 0 aliphatic heterocycles. The van der Waals surface area contributed by atoms with E-state index >= 15 is 0 Å². The lowest BCUT2D eigenvalue weighted by molar-refractivity contribution is 0.587. The summed E-state index contributed by atoms with van der Waals surface area (Å²) >= 11 is 5.93. The Hall–Kier alpha value is -0.620. The van der Waals surface area contributed by atoms with E-state index in [-0.39, 0.29) is 18.2 Å². The number of sulfone groups is 1. The summed E-state index contributed by atoms with van der Waals surface area (Å²) in [4.78, 5) is 0. The highest BCUT2D eigenvalue weighted by Crippen LogP contribution is 2.53. The molecule has 0 heterocycles.